The Morgan fingerprint density at radius 2 is 1.76 bits per heavy atom. The van der Waals surface area contributed by atoms with Gasteiger partial charge in [0.15, 0.2) is 0 Å². The fraction of sp³-hybridized carbons (Fsp3) is 0.652. The van der Waals surface area contributed by atoms with Gasteiger partial charge in [0.05, 0.1) is 4.92 Å². The Morgan fingerprint density at radius 3 is 2.33 bits per heavy atom. The van der Waals surface area contributed by atoms with Crippen molar-refractivity contribution in [1.82, 2.24) is 10.2 Å². The summed E-state index contributed by atoms with van der Waals surface area (Å²) in [6.07, 6.45) is 6.18. The van der Waals surface area contributed by atoms with E-state index in [4.69, 9.17) is 4.74 Å². The fourth-order valence-corrected chi connectivity index (χ4v) is 4.32. The van der Waals surface area contributed by atoms with Crippen LogP contribution in [0.2, 0.25) is 0 Å². The topological polar surface area (TPSA) is 114 Å². The van der Waals surface area contributed by atoms with Crippen molar-refractivity contribution >= 4 is 36.9 Å². The molecule has 10 heteroatoms. The van der Waals surface area contributed by atoms with Gasteiger partial charge in [-0.2, -0.15) is 13.5 Å². The van der Waals surface area contributed by atoms with Gasteiger partial charge in [0, 0.05) is 36.8 Å². The standard InChI is InChI=1S/C23H34N4O5.H2S/c1-23(2,3)32-22(29)25-17-13-16(14-17)24-19-11-10-15(12-20(19)27(30)31)21(28)26(4)18-8-6-5-7-9-18;/h10-12,16-18,24H,5-9,13-14H2,1-4H3,(H,25,29);1H2. The zero-order valence-corrected chi connectivity index (χ0v) is 20.8. The molecule has 2 aliphatic carbocycles. The van der Waals surface area contributed by atoms with Crippen LogP contribution in [0.15, 0.2) is 18.2 Å². The Balaban J connectivity index is 0.00000385. The highest BCUT2D eigenvalue weighted by Gasteiger charge is 2.33. The zero-order valence-electron chi connectivity index (χ0n) is 19.8. The quantitative estimate of drug-likeness (QED) is 0.455. The van der Waals surface area contributed by atoms with Crippen molar-refractivity contribution < 1.29 is 19.2 Å². The smallest absolute Gasteiger partial charge is 0.407 e. The van der Waals surface area contributed by atoms with E-state index >= 15 is 0 Å². The Kier molecular flexibility index (Phi) is 8.99. The number of nitrogens with zero attached hydrogens (tertiary/aromatic N) is 2. The number of benzene rings is 1. The highest BCUT2D eigenvalue weighted by molar-refractivity contribution is 7.59. The highest BCUT2D eigenvalue weighted by atomic mass is 32.1. The third-order valence-corrected chi connectivity index (χ3v) is 6.10. The molecule has 0 heterocycles. The average Bonchev–Trinajstić information content (AvgIpc) is 2.70. The number of hydrogen-bond acceptors (Lipinski definition) is 6. The molecular formula is C23H36N4O5S. The van der Waals surface area contributed by atoms with E-state index in [0.717, 1.165) is 25.7 Å². The first-order chi connectivity index (χ1) is 15.0. The molecule has 0 aliphatic heterocycles. The Labute approximate surface area is 202 Å². The summed E-state index contributed by atoms with van der Waals surface area (Å²) in [5.41, 5.74) is 0.0356. The van der Waals surface area contributed by atoms with Gasteiger partial charge in [0.1, 0.15) is 11.3 Å². The normalized spacial score (nSPS) is 20.6. The van der Waals surface area contributed by atoms with Crippen molar-refractivity contribution in [1.29, 1.82) is 0 Å². The van der Waals surface area contributed by atoms with Crippen LogP contribution in [0, 0.1) is 10.1 Å². The summed E-state index contributed by atoms with van der Waals surface area (Å²) >= 11 is 0. The molecule has 0 saturated heterocycles. The van der Waals surface area contributed by atoms with E-state index in [-0.39, 0.29) is 43.2 Å². The first kappa shape index (κ1) is 26.8. The van der Waals surface area contributed by atoms with Gasteiger partial charge in [0.25, 0.3) is 11.6 Å². The van der Waals surface area contributed by atoms with E-state index < -0.39 is 16.6 Å². The number of carbonyl (C=O) groups excluding carboxylic acids is 2. The Bertz CT molecular complexity index is 861. The summed E-state index contributed by atoms with van der Waals surface area (Å²) in [4.78, 5) is 37.7. The largest absolute Gasteiger partial charge is 0.444 e. The summed E-state index contributed by atoms with van der Waals surface area (Å²) in [7, 11) is 1.78. The molecule has 2 amide bonds. The van der Waals surface area contributed by atoms with E-state index in [2.05, 4.69) is 10.6 Å². The predicted octanol–water partition coefficient (Wildman–Crippen LogP) is 4.58. The summed E-state index contributed by atoms with van der Waals surface area (Å²) in [5, 5.41) is 17.7. The van der Waals surface area contributed by atoms with Crippen LogP contribution in [-0.2, 0) is 4.74 Å². The minimum atomic E-state index is -0.559. The molecule has 0 aromatic heterocycles. The van der Waals surface area contributed by atoms with Crippen molar-refractivity contribution in [2.75, 3.05) is 12.4 Å². The number of carbonyl (C=O) groups is 2. The number of rotatable bonds is 6. The lowest BCUT2D eigenvalue weighted by molar-refractivity contribution is -0.384. The van der Waals surface area contributed by atoms with Gasteiger partial charge in [-0.1, -0.05) is 19.3 Å². The van der Waals surface area contributed by atoms with Crippen LogP contribution in [0.1, 0.15) is 76.1 Å². The van der Waals surface area contributed by atoms with Crippen molar-refractivity contribution in [2.24, 2.45) is 0 Å². The molecule has 2 saturated carbocycles. The second-order valence-electron chi connectivity index (χ2n) is 9.85. The Morgan fingerprint density at radius 1 is 1.12 bits per heavy atom. The molecule has 0 spiro atoms. The van der Waals surface area contributed by atoms with E-state index in [9.17, 15) is 19.7 Å². The predicted molar refractivity (Wildman–Crippen MR) is 132 cm³/mol. The van der Waals surface area contributed by atoms with Crippen LogP contribution in [0.5, 0.6) is 0 Å². The number of anilines is 1. The molecule has 0 bridgehead atoms. The lowest BCUT2D eigenvalue weighted by atomic mass is 9.86. The molecule has 1 aromatic rings. The Hall–Kier alpha value is -2.49. The molecule has 2 fully saturated rings. The van der Waals surface area contributed by atoms with Crippen molar-refractivity contribution in [3.8, 4) is 0 Å². The van der Waals surface area contributed by atoms with Crippen LogP contribution in [0.4, 0.5) is 16.2 Å². The monoisotopic (exact) mass is 480 g/mol. The highest BCUT2D eigenvalue weighted by Crippen LogP contribution is 2.32. The van der Waals surface area contributed by atoms with Gasteiger partial charge in [-0.05, 0) is 58.6 Å². The third kappa shape index (κ3) is 7.25. The maximum Gasteiger partial charge on any atom is 0.407 e. The van der Waals surface area contributed by atoms with E-state index in [1.54, 1.807) is 44.9 Å². The molecule has 0 atom stereocenters. The molecule has 0 unspecified atom stereocenters. The number of hydrogen-bond donors (Lipinski definition) is 2. The number of nitrogens with one attached hydrogen (secondary N) is 2. The number of nitro benzene ring substituents is 1. The zero-order chi connectivity index (χ0) is 23.5. The molecule has 0 radical (unpaired) electrons. The van der Waals surface area contributed by atoms with Crippen molar-refractivity contribution in [3.05, 3.63) is 33.9 Å². The first-order valence-corrected chi connectivity index (χ1v) is 11.3. The molecule has 2 aliphatic rings. The van der Waals surface area contributed by atoms with Crippen LogP contribution < -0.4 is 10.6 Å². The molecule has 9 nitrogen and oxygen atoms in total. The minimum Gasteiger partial charge on any atom is -0.444 e. The van der Waals surface area contributed by atoms with Gasteiger partial charge in [-0.3, -0.25) is 14.9 Å². The second kappa shape index (κ2) is 11.1. The fourth-order valence-electron chi connectivity index (χ4n) is 4.32. The molecular weight excluding hydrogens is 444 g/mol. The SMILES string of the molecule is CN(C(=O)c1ccc(NC2CC(NC(=O)OC(C)(C)C)C2)c([N+](=O)[O-])c1)C1CCCCC1.S. The third-order valence-electron chi connectivity index (χ3n) is 6.10. The maximum atomic E-state index is 12.9. The van der Waals surface area contributed by atoms with Gasteiger partial charge in [-0.25, -0.2) is 4.79 Å². The number of ether oxygens (including phenoxy) is 1. The van der Waals surface area contributed by atoms with Gasteiger partial charge in [-0.15, -0.1) is 0 Å². The first-order valence-electron chi connectivity index (χ1n) is 11.3. The number of alkyl carbamates (subject to hydrolysis) is 1. The molecule has 184 valence electrons. The minimum absolute atomic E-state index is 0. The van der Waals surface area contributed by atoms with Crippen molar-refractivity contribution in [3.63, 3.8) is 0 Å². The summed E-state index contributed by atoms with van der Waals surface area (Å²) in [6, 6.07) is 4.77. The van der Waals surface area contributed by atoms with E-state index in [1.807, 2.05) is 0 Å². The molecule has 1 aromatic carbocycles. The summed E-state index contributed by atoms with van der Waals surface area (Å²) in [5.74, 6) is -0.184. The molecule has 2 N–H and O–H groups in total. The maximum absolute atomic E-state index is 12.9. The van der Waals surface area contributed by atoms with Gasteiger partial charge in [0.2, 0.25) is 0 Å². The lowest BCUT2D eigenvalue weighted by Gasteiger charge is -2.37. The van der Waals surface area contributed by atoms with Crippen LogP contribution >= 0.6 is 13.5 Å². The van der Waals surface area contributed by atoms with Crippen molar-refractivity contribution in [2.45, 2.75) is 89.4 Å². The van der Waals surface area contributed by atoms with Crippen LogP contribution in [0.25, 0.3) is 0 Å². The number of nitro groups is 1. The lowest BCUT2D eigenvalue weighted by Crippen LogP contribution is -2.50. The summed E-state index contributed by atoms with van der Waals surface area (Å²) < 4.78 is 5.25. The summed E-state index contributed by atoms with van der Waals surface area (Å²) in [6.45, 7) is 5.41. The van der Waals surface area contributed by atoms with Gasteiger partial charge >= 0.3 is 6.09 Å². The van der Waals surface area contributed by atoms with E-state index in [0.29, 0.717) is 24.1 Å². The van der Waals surface area contributed by atoms with Crippen LogP contribution in [-0.4, -0.2) is 52.6 Å². The van der Waals surface area contributed by atoms with E-state index in [1.165, 1.54) is 12.5 Å². The second-order valence-corrected chi connectivity index (χ2v) is 9.85. The van der Waals surface area contributed by atoms with Crippen LogP contribution in [0.3, 0.4) is 0 Å². The molecule has 3 rings (SSSR count). The number of amides is 2. The van der Waals surface area contributed by atoms with Gasteiger partial charge < -0.3 is 20.3 Å². The average molecular weight is 481 g/mol. The molecule has 33 heavy (non-hydrogen) atoms.